The van der Waals surface area contributed by atoms with E-state index in [0.29, 0.717) is 13.2 Å². The van der Waals surface area contributed by atoms with E-state index in [4.69, 9.17) is 10.5 Å². The van der Waals surface area contributed by atoms with Gasteiger partial charge >= 0.3 is 0 Å². The third-order valence-electron chi connectivity index (χ3n) is 2.97. The van der Waals surface area contributed by atoms with E-state index < -0.39 is 11.7 Å². The van der Waals surface area contributed by atoms with Gasteiger partial charge in [0.2, 0.25) is 5.91 Å². The van der Waals surface area contributed by atoms with Crippen LogP contribution in [0.1, 0.15) is 22.8 Å². The minimum atomic E-state index is -0.584. The SMILES string of the molecule is CCOc1ccc(CNc2cc(C(N)=O)ccc2F)cc1. The lowest BCUT2D eigenvalue weighted by Crippen LogP contribution is -2.12. The van der Waals surface area contributed by atoms with Gasteiger partial charge in [0.1, 0.15) is 11.6 Å². The first-order valence-electron chi connectivity index (χ1n) is 6.65. The molecule has 0 saturated heterocycles. The summed E-state index contributed by atoms with van der Waals surface area (Å²) in [4.78, 5) is 11.1. The summed E-state index contributed by atoms with van der Waals surface area (Å²) in [6, 6.07) is 11.5. The van der Waals surface area contributed by atoms with Crippen molar-refractivity contribution in [2.24, 2.45) is 5.73 Å². The summed E-state index contributed by atoms with van der Waals surface area (Å²) in [7, 11) is 0. The van der Waals surface area contributed by atoms with Gasteiger partial charge in [-0.15, -0.1) is 0 Å². The third-order valence-corrected chi connectivity index (χ3v) is 2.97. The quantitative estimate of drug-likeness (QED) is 0.859. The molecular formula is C16H17FN2O2. The van der Waals surface area contributed by atoms with Crippen molar-refractivity contribution in [2.75, 3.05) is 11.9 Å². The first kappa shape index (κ1) is 14.8. The van der Waals surface area contributed by atoms with Crippen molar-refractivity contribution in [3.8, 4) is 5.75 Å². The van der Waals surface area contributed by atoms with E-state index in [1.165, 1.54) is 18.2 Å². The van der Waals surface area contributed by atoms with Crippen LogP contribution in [-0.2, 0) is 6.54 Å². The molecule has 21 heavy (non-hydrogen) atoms. The zero-order chi connectivity index (χ0) is 15.2. The second-order valence-corrected chi connectivity index (χ2v) is 4.49. The van der Waals surface area contributed by atoms with Crippen molar-refractivity contribution in [1.29, 1.82) is 0 Å². The van der Waals surface area contributed by atoms with Gasteiger partial charge in [-0.05, 0) is 42.8 Å². The van der Waals surface area contributed by atoms with Crippen molar-refractivity contribution in [3.63, 3.8) is 0 Å². The first-order valence-corrected chi connectivity index (χ1v) is 6.65. The number of rotatable bonds is 6. The van der Waals surface area contributed by atoms with Crippen LogP contribution in [-0.4, -0.2) is 12.5 Å². The summed E-state index contributed by atoms with van der Waals surface area (Å²) in [6.07, 6.45) is 0. The van der Waals surface area contributed by atoms with Crippen LogP contribution in [0.3, 0.4) is 0 Å². The molecule has 0 aromatic heterocycles. The second-order valence-electron chi connectivity index (χ2n) is 4.49. The molecule has 0 aliphatic rings. The smallest absolute Gasteiger partial charge is 0.248 e. The fourth-order valence-electron chi connectivity index (χ4n) is 1.88. The van der Waals surface area contributed by atoms with Gasteiger partial charge in [-0.2, -0.15) is 0 Å². The van der Waals surface area contributed by atoms with Crippen LogP contribution in [0.2, 0.25) is 0 Å². The third kappa shape index (κ3) is 3.95. The number of halogens is 1. The maximum absolute atomic E-state index is 13.7. The summed E-state index contributed by atoms with van der Waals surface area (Å²) in [5.41, 5.74) is 6.68. The first-order chi connectivity index (χ1) is 10.1. The van der Waals surface area contributed by atoms with Crippen LogP contribution in [0.15, 0.2) is 42.5 Å². The number of benzene rings is 2. The van der Waals surface area contributed by atoms with E-state index in [1.54, 1.807) is 0 Å². The Labute approximate surface area is 122 Å². The number of ether oxygens (including phenoxy) is 1. The van der Waals surface area contributed by atoms with Crippen LogP contribution >= 0.6 is 0 Å². The summed E-state index contributed by atoms with van der Waals surface area (Å²) in [6.45, 7) is 2.97. The fourth-order valence-corrected chi connectivity index (χ4v) is 1.88. The van der Waals surface area contributed by atoms with Crippen molar-refractivity contribution in [1.82, 2.24) is 0 Å². The summed E-state index contributed by atoms with van der Waals surface area (Å²) in [5.74, 6) is -0.215. The average molecular weight is 288 g/mol. The Morgan fingerprint density at radius 1 is 1.24 bits per heavy atom. The summed E-state index contributed by atoms with van der Waals surface area (Å²) in [5, 5.41) is 2.95. The molecule has 110 valence electrons. The molecule has 3 N–H and O–H groups in total. The molecule has 5 heteroatoms. The lowest BCUT2D eigenvalue weighted by Gasteiger charge is -2.09. The highest BCUT2D eigenvalue weighted by Crippen LogP contribution is 2.18. The molecule has 0 fully saturated rings. The van der Waals surface area contributed by atoms with Gasteiger partial charge in [-0.3, -0.25) is 4.79 Å². The molecule has 0 bridgehead atoms. The van der Waals surface area contributed by atoms with Gasteiger partial charge in [0.05, 0.1) is 12.3 Å². The Balaban J connectivity index is 2.05. The maximum atomic E-state index is 13.7. The van der Waals surface area contributed by atoms with Crippen molar-refractivity contribution >= 4 is 11.6 Å². The normalized spacial score (nSPS) is 10.2. The van der Waals surface area contributed by atoms with Gasteiger partial charge in [0.15, 0.2) is 0 Å². The average Bonchev–Trinajstić information content (AvgIpc) is 2.48. The molecule has 4 nitrogen and oxygen atoms in total. The zero-order valence-corrected chi connectivity index (χ0v) is 11.7. The van der Waals surface area contributed by atoms with E-state index in [2.05, 4.69) is 5.32 Å². The highest BCUT2D eigenvalue weighted by Gasteiger charge is 2.07. The molecule has 0 aliphatic heterocycles. The molecule has 0 saturated carbocycles. The minimum Gasteiger partial charge on any atom is -0.494 e. The van der Waals surface area contributed by atoms with E-state index >= 15 is 0 Å². The molecule has 2 aromatic rings. The highest BCUT2D eigenvalue weighted by atomic mass is 19.1. The lowest BCUT2D eigenvalue weighted by atomic mass is 10.1. The van der Waals surface area contributed by atoms with Gasteiger partial charge in [-0.1, -0.05) is 12.1 Å². The van der Waals surface area contributed by atoms with Gasteiger partial charge in [-0.25, -0.2) is 4.39 Å². The Hall–Kier alpha value is -2.56. The molecule has 0 radical (unpaired) electrons. The van der Waals surface area contributed by atoms with Crippen LogP contribution < -0.4 is 15.8 Å². The number of nitrogens with one attached hydrogen (secondary N) is 1. The molecule has 0 spiro atoms. The lowest BCUT2D eigenvalue weighted by molar-refractivity contribution is 0.100. The Morgan fingerprint density at radius 2 is 1.95 bits per heavy atom. The number of hydrogen-bond donors (Lipinski definition) is 2. The second kappa shape index (κ2) is 6.74. The number of carbonyl (C=O) groups excluding carboxylic acids is 1. The summed E-state index contributed by atoms with van der Waals surface area (Å²) < 4.78 is 19.0. The Morgan fingerprint density at radius 3 is 2.57 bits per heavy atom. The van der Waals surface area contributed by atoms with Crippen LogP contribution in [0.25, 0.3) is 0 Å². The predicted octanol–water partition coefficient (Wildman–Crippen LogP) is 2.94. The predicted molar refractivity (Wildman–Crippen MR) is 79.9 cm³/mol. The monoisotopic (exact) mass is 288 g/mol. The van der Waals surface area contributed by atoms with E-state index in [1.807, 2.05) is 31.2 Å². The van der Waals surface area contributed by atoms with Gasteiger partial charge in [0, 0.05) is 12.1 Å². The van der Waals surface area contributed by atoms with E-state index in [-0.39, 0.29) is 11.3 Å². The van der Waals surface area contributed by atoms with Crippen LogP contribution in [0, 0.1) is 5.82 Å². The number of anilines is 1. The molecule has 2 aromatic carbocycles. The standard InChI is InChI=1S/C16H17FN2O2/c1-2-21-13-6-3-11(4-7-13)10-19-15-9-12(16(18)20)5-8-14(15)17/h3-9,19H,2,10H2,1H3,(H2,18,20). The molecule has 0 atom stereocenters. The fraction of sp³-hybridized carbons (Fsp3) is 0.188. The topological polar surface area (TPSA) is 64.3 Å². The number of amides is 1. The van der Waals surface area contributed by atoms with Crippen molar-refractivity contribution < 1.29 is 13.9 Å². The molecule has 1 amide bonds. The Bertz CT molecular complexity index is 627. The molecule has 0 unspecified atom stereocenters. The molecule has 0 aliphatic carbocycles. The zero-order valence-electron chi connectivity index (χ0n) is 11.7. The Kier molecular flexibility index (Phi) is 4.77. The van der Waals surface area contributed by atoms with Crippen molar-refractivity contribution in [2.45, 2.75) is 13.5 Å². The number of primary amides is 1. The van der Waals surface area contributed by atoms with Crippen LogP contribution in [0.4, 0.5) is 10.1 Å². The minimum absolute atomic E-state index is 0.250. The van der Waals surface area contributed by atoms with E-state index in [0.717, 1.165) is 11.3 Å². The largest absolute Gasteiger partial charge is 0.494 e. The van der Waals surface area contributed by atoms with Crippen molar-refractivity contribution in [3.05, 3.63) is 59.4 Å². The number of carbonyl (C=O) groups is 1. The number of hydrogen-bond acceptors (Lipinski definition) is 3. The summed E-state index contributed by atoms with van der Waals surface area (Å²) >= 11 is 0. The molecule has 2 rings (SSSR count). The number of nitrogens with two attached hydrogens (primary N) is 1. The maximum Gasteiger partial charge on any atom is 0.248 e. The van der Waals surface area contributed by atoms with E-state index in [9.17, 15) is 9.18 Å². The van der Waals surface area contributed by atoms with Crippen LogP contribution in [0.5, 0.6) is 5.75 Å². The van der Waals surface area contributed by atoms with Gasteiger partial charge < -0.3 is 15.8 Å². The van der Waals surface area contributed by atoms with Gasteiger partial charge in [0.25, 0.3) is 0 Å². The molecule has 0 heterocycles. The molecular weight excluding hydrogens is 271 g/mol. The highest BCUT2D eigenvalue weighted by molar-refractivity contribution is 5.93.